The van der Waals surface area contributed by atoms with Crippen molar-refractivity contribution in [2.75, 3.05) is 0 Å². The van der Waals surface area contributed by atoms with Crippen LogP contribution in [0.2, 0.25) is 0 Å². The van der Waals surface area contributed by atoms with Gasteiger partial charge in [0.1, 0.15) is 11.5 Å². The average molecular weight is 220 g/mol. The van der Waals surface area contributed by atoms with Gasteiger partial charge in [0, 0.05) is 12.5 Å². The minimum atomic E-state index is 0.164. The number of ether oxygens (including phenoxy) is 1. The highest BCUT2D eigenvalue weighted by atomic mass is 16.5. The molecule has 1 N–H and O–H groups in total. The molecule has 0 aliphatic heterocycles. The summed E-state index contributed by atoms with van der Waals surface area (Å²) < 4.78 is 10.3. The quantitative estimate of drug-likeness (QED) is 0.852. The zero-order valence-electron chi connectivity index (χ0n) is 8.88. The number of phenolic OH excluding ortho intramolecular Hbond substituents is 1. The predicted octanol–water partition coefficient (Wildman–Crippen LogP) is 1.92. The Balaban J connectivity index is 1.96. The molecule has 0 spiro atoms. The summed E-state index contributed by atoms with van der Waals surface area (Å²) in [5, 5.41) is 13.0. The molecule has 0 atom stereocenters. The summed E-state index contributed by atoms with van der Waals surface area (Å²) >= 11 is 0. The Morgan fingerprint density at radius 3 is 3.00 bits per heavy atom. The zero-order chi connectivity index (χ0) is 11.4. The Labute approximate surface area is 92.7 Å². The van der Waals surface area contributed by atoms with E-state index in [9.17, 15) is 5.11 Å². The van der Waals surface area contributed by atoms with E-state index in [2.05, 4.69) is 10.1 Å². The number of hydrogen-bond donors (Lipinski definition) is 1. The van der Waals surface area contributed by atoms with Crippen LogP contribution in [-0.2, 0) is 13.0 Å². The number of benzene rings is 1. The summed E-state index contributed by atoms with van der Waals surface area (Å²) in [5.41, 5.74) is 0. The topological polar surface area (TPSA) is 68.4 Å². The molecule has 0 saturated carbocycles. The molecular formula is C11H12N2O3. The monoisotopic (exact) mass is 220 g/mol. The molecule has 5 heteroatoms. The standard InChI is InChI=1S/C11H12N2O3/c1-2-10-12-11(16-13-10)7-15-9-5-3-4-8(14)6-9/h3-6,14H,2,7H2,1H3. The molecule has 1 heterocycles. The van der Waals surface area contributed by atoms with Crippen molar-refractivity contribution >= 4 is 0 Å². The maximum atomic E-state index is 9.22. The van der Waals surface area contributed by atoms with Crippen LogP contribution in [0.25, 0.3) is 0 Å². The molecule has 16 heavy (non-hydrogen) atoms. The van der Waals surface area contributed by atoms with E-state index in [0.717, 1.165) is 6.42 Å². The summed E-state index contributed by atoms with van der Waals surface area (Å²) in [5.74, 6) is 1.82. The summed E-state index contributed by atoms with van der Waals surface area (Å²) in [7, 11) is 0. The lowest BCUT2D eigenvalue weighted by Crippen LogP contribution is -1.95. The van der Waals surface area contributed by atoms with Gasteiger partial charge in [-0.15, -0.1) is 0 Å². The van der Waals surface area contributed by atoms with Crippen LogP contribution in [0, 0.1) is 0 Å². The van der Waals surface area contributed by atoms with Crippen molar-refractivity contribution in [2.45, 2.75) is 20.0 Å². The van der Waals surface area contributed by atoms with Gasteiger partial charge in [0.25, 0.3) is 5.89 Å². The Bertz CT molecular complexity index is 468. The van der Waals surface area contributed by atoms with E-state index in [1.165, 1.54) is 6.07 Å². The summed E-state index contributed by atoms with van der Waals surface area (Å²) in [6.07, 6.45) is 0.732. The maximum absolute atomic E-state index is 9.22. The van der Waals surface area contributed by atoms with Gasteiger partial charge in [0.05, 0.1) is 0 Å². The van der Waals surface area contributed by atoms with Crippen LogP contribution >= 0.6 is 0 Å². The highest BCUT2D eigenvalue weighted by molar-refractivity contribution is 5.31. The molecule has 0 amide bonds. The first kappa shape index (κ1) is 10.5. The van der Waals surface area contributed by atoms with Gasteiger partial charge in [-0.05, 0) is 12.1 Å². The van der Waals surface area contributed by atoms with Crippen molar-refractivity contribution < 1.29 is 14.4 Å². The molecule has 1 aromatic carbocycles. The number of phenols is 1. The molecular weight excluding hydrogens is 208 g/mol. The van der Waals surface area contributed by atoms with Crippen LogP contribution in [0.1, 0.15) is 18.6 Å². The van der Waals surface area contributed by atoms with Gasteiger partial charge in [-0.3, -0.25) is 0 Å². The van der Waals surface area contributed by atoms with Crippen LogP contribution in [0.15, 0.2) is 28.8 Å². The third-order valence-corrected chi connectivity index (χ3v) is 2.01. The normalized spacial score (nSPS) is 10.3. The second-order valence-corrected chi connectivity index (χ2v) is 3.24. The molecule has 0 unspecified atom stereocenters. The third kappa shape index (κ3) is 2.50. The highest BCUT2D eigenvalue weighted by Crippen LogP contribution is 2.18. The van der Waals surface area contributed by atoms with E-state index < -0.39 is 0 Å². The van der Waals surface area contributed by atoms with Crippen LogP contribution in [0.5, 0.6) is 11.5 Å². The fourth-order valence-corrected chi connectivity index (χ4v) is 1.21. The maximum Gasteiger partial charge on any atom is 0.264 e. The number of aromatic hydroxyl groups is 1. The lowest BCUT2D eigenvalue weighted by molar-refractivity contribution is 0.241. The molecule has 5 nitrogen and oxygen atoms in total. The number of aryl methyl sites for hydroxylation is 1. The Morgan fingerprint density at radius 2 is 2.31 bits per heavy atom. The highest BCUT2D eigenvalue weighted by Gasteiger charge is 2.05. The van der Waals surface area contributed by atoms with Crippen LogP contribution in [0.4, 0.5) is 0 Å². The molecule has 2 rings (SSSR count). The second kappa shape index (κ2) is 4.65. The van der Waals surface area contributed by atoms with Gasteiger partial charge in [-0.2, -0.15) is 4.98 Å². The van der Waals surface area contributed by atoms with Crippen molar-refractivity contribution in [3.8, 4) is 11.5 Å². The molecule has 0 aliphatic carbocycles. The summed E-state index contributed by atoms with van der Waals surface area (Å²) in [4.78, 5) is 4.10. The largest absolute Gasteiger partial charge is 0.508 e. The van der Waals surface area contributed by atoms with Gasteiger partial charge >= 0.3 is 0 Å². The number of aromatic nitrogens is 2. The number of hydrogen-bond acceptors (Lipinski definition) is 5. The molecule has 0 aliphatic rings. The van der Waals surface area contributed by atoms with Gasteiger partial charge in [0.2, 0.25) is 0 Å². The summed E-state index contributed by atoms with van der Waals surface area (Å²) in [6, 6.07) is 6.55. The SMILES string of the molecule is CCc1noc(COc2cccc(O)c2)n1. The first-order chi connectivity index (χ1) is 7.78. The van der Waals surface area contributed by atoms with Gasteiger partial charge in [-0.1, -0.05) is 18.1 Å². The minimum Gasteiger partial charge on any atom is -0.508 e. The van der Waals surface area contributed by atoms with E-state index in [-0.39, 0.29) is 12.4 Å². The number of nitrogens with zero attached hydrogens (tertiary/aromatic N) is 2. The van der Waals surface area contributed by atoms with Crippen molar-refractivity contribution in [3.63, 3.8) is 0 Å². The third-order valence-electron chi connectivity index (χ3n) is 2.01. The van der Waals surface area contributed by atoms with Gasteiger partial charge in [0.15, 0.2) is 12.4 Å². The van der Waals surface area contributed by atoms with Crippen molar-refractivity contribution in [1.29, 1.82) is 0 Å². The van der Waals surface area contributed by atoms with Gasteiger partial charge < -0.3 is 14.4 Å². The zero-order valence-corrected chi connectivity index (χ0v) is 8.88. The molecule has 84 valence electrons. The molecule has 1 aromatic heterocycles. The van der Waals surface area contributed by atoms with Gasteiger partial charge in [-0.25, -0.2) is 0 Å². The lowest BCUT2D eigenvalue weighted by Gasteiger charge is -2.02. The van der Waals surface area contributed by atoms with E-state index in [1.807, 2.05) is 6.92 Å². The van der Waals surface area contributed by atoms with Crippen molar-refractivity contribution in [2.24, 2.45) is 0 Å². The van der Waals surface area contributed by atoms with Crippen LogP contribution in [-0.4, -0.2) is 15.2 Å². The summed E-state index contributed by atoms with van der Waals surface area (Å²) in [6.45, 7) is 2.15. The lowest BCUT2D eigenvalue weighted by atomic mass is 10.3. The Kier molecular flexibility index (Phi) is 3.05. The van der Waals surface area contributed by atoms with E-state index >= 15 is 0 Å². The van der Waals surface area contributed by atoms with Crippen LogP contribution in [0.3, 0.4) is 0 Å². The second-order valence-electron chi connectivity index (χ2n) is 3.24. The predicted molar refractivity (Wildman–Crippen MR) is 56.1 cm³/mol. The fourth-order valence-electron chi connectivity index (χ4n) is 1.21. The molecule has 0 bridgehead atoms. The molecule has 0 fully saturated rings. The minimum absolute atomic E-state index is 0.164. The first-order valence-corrected chi connectivity index (χ1v) is 5.01. The Morgan fingerprint density at radius 1 is 1.44 bits per heavy atom. The van der Waals surface area contributed by atoms with E-state index in [0.29, 0.717) is 17.5 Å². The van der Waals surface area contributed by atoms with Crippen LogP contribution < -0.4 is 4.74 Å². The average Bonchev–Trinajstić information content (AvgIpc) is 2.74. The van der Waals surface area contributed by atoms with E-state index in [1.54, 1.807) is 18.2 Å². The molecule has 2 aromatic rings. The first-order valence-electron chi connectivity index (χ1n) is 5.01. The fraction of sp³-hybridized carbons (Fsp3) is 0.273. The molecule has 0 radical (unpaired) electrons. The Hall–Kier alpha value is -2.04. The van der Waals surface area contributed by atoms with Crippen molar-refractivity contribution in [3.05, 3.63) is 36.0 Å². The smallest absolute Gasteiger partial charge is 0.264 e. The van der Waals surface area contributed by atoms with E-state index in [4.69, 9.17) is 9.26 Å². The molecule has 0 saturated heterocycles. The van der Waals surface area contributed by atoms with Crippen molar-refractivity contribution in [1.82, 2.24) is 10.1 Å². The number of rotatable bonds is 4.